The number of aryl methyl sites for hydroxylation is 1. The van der Waals surface area contributed by atoms with Gasteiger partial charge in [-0.05, 0) is 76.4 Å². The fourth-order valence-electron chi connectivity index (χ4n) is 4.12. The molecular formula is C24H31N7. The zero-order valence-electron chi connectivity index (χ0n) is 18.4. The van der Waals surface area contributed by atoms with E-state index in [-0.39, 0.29) is 0 Å². The molecule has 0 atom stereocenters. The number of benzene rings is 1. The number of likely N-dealkylation sites (tertiary alicyclic amines) is 1. The van der Waals surface area contributed by atoms with Gasteiger partial charge in [0.25, 0.3) is 0 Å². The van der Waals surface area contributed by atoms with Crippen molar-refractivity contribution in [1.82, 2.24) is 24.6 Å². The first-order valence-corrected chi connectivity index (χ1v) is 11.3. The van der Waals surface area contributed by atoms with Gasteiger partial charge in [0.15, 0.2) is 0 Å². The minimum atomic E-state index is 0.466. The number of rotatable bonds is 7. The first-order chi connectivity index (χ1) is 15.1. The lowest BCUT2D eigenvalue weighted by atomic mass is 10.1. The van der Waals surface area contributed by atoms with Crippen LogP contribution in [0.3, 0.4) is 0 Å². The molecule has 7 heteroatoms. The Hall–Kier alpha value is -2.93. The molecule has 1 aliphatic carbocycles. The number of aromatic nitrogens is 4. The number of nitrogens with one attached hydrogen (secondary N) is 2. The lowest BCUT2D eigenvalue weighted by Crippen LogP contribution is -2.31. The van der Waals surface area contributed by atoms with Gasteiger partial charge in [0.2, 0.25) is 5.95 Å². The van der Waals surface area contributed by atoms with Crippen molar-refractivity contribution < 1.29 is 0 Å². The molecule has 1 saturated carbocycles. The predicted molar refractivity (Wildman–Crippen MR) is 125 cm³/mol. The second-order valence-electron chi connectivity index (χ2n) is 9.00. The van der Waals surface area contributed by atoms with Crippen LogP contribution in [0, 0.1) is 12.8 Å². The van der Waals surface area contributed by atoms with Crippen LogP contribution < -0.4 is 10.6 Å². The van der Waals surface area contributed by atoms with Crippen LogP contribution in [0.4, 0.5) is 17.3 Å². The van der Waals surface area contributed by atoms with Gasteiger partial charge in [-0.25, -0.2) is 9.97 Å². The van der Waals surface area contributed by atoms with Gasteiger partial charge in [-0.15, -0.1) is 0 Å². The van der Waals surface area contributed by atoms with E-state index < -0.39 is 0 Å². The van der Waals surface area contributed by atoms with Crippen LogP contribution in [0.1, 0.15) is 37.3 Å². The van der Waals surface area contributed by atoms with Gasteiger partial charge in [-0.2, -0.15) is 5.10 Å². The van der Waals surface area contributed by atoms with E-state index in [4.69, 9.17) is 4.98 Å². The molecule has 0 radical (unpaired) electrons. The smallest absolute Gasteiger partial charge is 0.227 e. The van der Waals surface area contributed by atoms with Gasteiger partial charge in [0.05, 0.1) is 23.6 Å². The van der Waals surface area contributed by atoms with Crippen LogP contribution in [0.5, 0.6) is 0 Å². The highest BCUT2D eigenvalue weighted by atomic mass is 15.3. The van der Waals surface area contributed by atoms with E-state index >= 15 is 0 Å². The largest absolute Gasteiger partial charge is 0.385 e. The third kappa shape index (κ3) is 4.88. The molecule has 31 heavy (non-hydrogen) atoms. The lowest BCUT2D eigenvalue weighted by Gasteiger charge is -2.28. The van der Waals surface area contributed by atoms with E-state index in [9.17, 15) is 0 Å². The van der Waals surface area contributed by atoms with E-state index in [0.717, 1.165) is 60.9 Å². The highest BCUT2D eigenvalue weighted by Gasteiger charge is 2.21. The Bertz CT molecular complexity index is 1010. The van der Waals surface area contributed by atoms with Gasteiger partial charge in [-0.1, -0.05) is 12.1 Å². The van der Waals surface area contributed by atoms with Crippen molar-refractivity contribution in [3.63, 3.8) is 0 Å². The van der Waals surface area contributed by atoms with Crippen LogP contribution >= 0.6 is 0 Å². The Morgan fingerprint density at radius 1 is 1.00 bits per heavy atom. The average Bonchev–Trinajstić information content (AvgIpc) is 3.51. The molecule has 7 nitrogen and oxygen atoms in total. The zero-order chi connectivity index (χ0) is 21.2. The van der Waals surface area contributed by atoms with Crippen molar-refractivity contribution in [3.05, 3.63) is 48.4 Å². The molecule has 1 aliphatic heterocycles. The average molecular weight is 418 g/mol. The predicted octanol–water partition coefficient (Wildman–Crippen LogP) is 4.48. The van der Waals surface area contributed by atoms with Gasteiger partial charge in [-0.3, -0.25) is 4.68 Å². The molecule has 2 aromatic heterocycles. The maximum Gasteiger partial charge on any atom is 0.227 e. The molecule has 1 aromatic carbocycles. The van der Waals surface area contributed by atoms with Crippen LogP contribution in [0.15, 0.2) is 42.9 Å². The fourth-order valence-corrected chi connectivity index (χ4v) is 4.12. The summed E-state index contributed by atoms with van der Waals surface area (Å²) in [6.07, 6.45) is 10.8. The summed E-state index contributed by atoms with van der Waals surface area (Å²) in [6, 6.07) is 9.00. The second-order valence-corrected chi connectivity index (χ2v) is 9.00. The van der Waals surface area contributed by atoms with Gasteiger partial charge >= 0.3 is 0 Å². The number of anilines is 3. The summed E-state index contributed by atoms with van der Waals surface area (Å²) in [4.78, 5) is 11.7. The standard InChI is InChI=1S/C24H31N7/c1-17-13-26-24(28-21-15-27-31(16-21)22-9-11-30(2)12-10-22)29-23(17)19-5-7-20(8-6-19)25-14-18-3-4-18/h5-8,13,15-16,18,22,25H,3-4,9-12,14H2,1-2H3,(H,26,28,29). The number of hydrogen-bond donors (Lipinski definition) is 2. The first kappa shape index (κ1) is 20.0. The maximum absolute atomic E-state index is 4.80. The highest BCUT2D eigenvalue weighted by molar-refractivity contribution is 5.67. The topological polar surface area (TPSA) is 70.9 Å². The Morgan fingerprint density at radius 3 is 2.52 bits per heavy atom. The Balaban J connectivity index is 1.27. The SMILES string of the molecule is Cc1cnc(Nc2cnn(C3CCN(C)CC3)c2)nc1-c1ccc(NCC2CC2)cc1. The summed E-state index contributed by atoms with van der Waals surface area (Å²) < 4.78 is 2.08. The van der Waals surface area contributed by atoms with Crippen molar-refractivity contribution in [2.75, 3.05) is 37.3 Å². The fraction of sp³-hybridized carbons (Fsp3) is 0.458. The molecule has 162 valence electrons. The molecule has 1 saturated heterocycles. The third-order valence-corrected chi connectivity index (χ3v) is 6.34. The van der Waals surface area contributed by atoms with Gasteiger partial charge < -0.3 is 15.5 Å². The summed E-state index contributed by atoms with van der Waals surface area (Å²) >= 11 is 0. The quantitative estimate of drug-likeness (QED) is 0.591. The summed E-state index contributed by atoms with van der Waals surface area (Å²) in [5, 5.41) is 11.4. The van der Waals surface area contributed by atoms with Crippen LogP contribution in [-0.2, 0) is 0 Å². The van der Waals surface area contributed by atoms with Crippen LogP contribution in [0.25, 0.3) is 11.3 Å². The summed E-state index contributed by atoms with van der Waals surface area (Å²) in [5.41, 5.74) is 5.21. The normalized spacial score (nSPS) is 17.6. The van der Waals surface area contributed by atoms with Crippen molar-refractivity contribution >= 4 is 17.3 Å². The maximum atomic E-state index is 4.80. The van der Waals surface area contributed by atoms with Gasteiger partial charge in [0, 0.05) is 30.2 Å². The summed E-state index contributed by atoms with van der Waals surface area (Å²) in [7, 11) is 2.18. The van der Waals surface area contributed by atoms with Crippen LogP contribution in [0.2, 0.25) is 0 Å². The third-order valence-electron chi connectivity index (χ3n) is 6.34. The minimum absolute atomic E-state index is 0.466. The number of nitrogens with zero attached hydrogens (tertiary/aromatic N) is 5. The summed E-state index contributed by atoms with van der Waals surface area (Å²) in [5.74, 6) is 1.46. The number of hydrogen-bond acceptors (Lipinski definition) is 6. The molecule has 3 aromatic rings. The Morgan fingerprint density at radius 2 is 1.77 bits per heavy atom. The molecule has 2 N–H and O–H groups in total. The molecule has 2 aliphatic rings. The number of piperidine rings is 1. The van der Waals surface area contributed by atoms with Crippen molar-refractivity contribution in [2.45, 2.75) is 38.6 Å². The molecule has 3 heterocycles. The zero-order valence-corrected chi connectivity index (χ0v) is 18.4. The highest BCUT2D eigenvalue weighted by Crippen LogP contribution is 2.30. The van der Waals surface area contributed by atoms with E-state index in [1.807, 2.05) is 12.4 Å². The van der Waals surface area contributed by atoms with Crippen LogP contribution in [-0.4, -0.2) is 51.3 Å². The van der Waals surface area contributed by atoms with E-state index in [1.54, 1.807) is 0 Å². The molecule has 5 rings (SSSR count). The van der Waals surface area contributed by atoms with Gasteiger partial charge in [0.1, 0.15) is 0 Å². The van der Waals surface area contributed by atoms with E-state index in [0.29, 0.717) is 12.0 Å². The molecule has 0 unspecified atom stereocenters. The molecule has 0 bridgehead atoms. The summed E-state index contributed by atoms with van der Waals surface area (Å²) in [6.45, 7) is 5.36. The second kappa shape index (κ2) is 8.67. The van der Waals surface area contributed by atoms with Crippen molar-refractivity contribution in [3.8, 4) is 11.3 Å². The van der Waals surface area contributed by atoms with E-state index in [1.165, 1.54) is 18.5 Å². The minimum Gasteiger partial charge on any atom is -0.385 e. The van der Waals surface area contributed by atoms with E-state index in [2.05, 4.69) is 74.7 Å². The Kier molecular flexibility index (Phi) is 5.59. The Labute approximate surface area is 183 Å². The lowest BCUT2D eigenvalue weighted by molar-refractivity contribution is 0.212. The molecule has 0 spiro atoms. The van der Waals surface area contributed by atoms with Crippen molar-refractivity contribution in [2.24, 2.45) is 5.92 Å². The molecule has 0 amide bonds. The molecule has 2 fully saturated rings. The molecular weight excluding hydrogens is 386 g/mol. The monoisotopic (exact) mass is 417 g/mol. The first-order valence-electron chi connectivity index (χ1n) is 11.3. The van der Waals surface area contributed by atoms with Crippen molar-refractivity contribution in [1.29, 1.82) is 0 Å².